The van der Waals surface area contributed by atoms with E-state index in [2.05, 4.69) is 56.8 Å². The minimum absolute atomic E-state index is 0.227. The monoisotopic (exact) mass is 566 g/mol. The molecule has 0 aromatic heterocycles. The maximum absolute atomic E-state index is 13.6. The Morgan fingerprint density at radius 2 is 0.833 bits per heavy atom. The Hall–Kier alpha value is 0.340. The summed E-state index contributed by atoms with van der Waals surface area (Å²) in [6.45, 7) is 3.00. The molecule has 7 fully saturated rings. The largest absolute Gasteiger partial charge is 0.339 e. The van der Waals surface area contributed by atoms with Crippen molar-refractivity contribution in [3.05, 3.63) is 0 Å². The summed E-state index contributed by atoms with van der Waals surface area (Å²) in [6, 6.07) is 0. The molecule has 4 aliphatic carbocycles. The average molecular weight is 567 g/mol. The van der Waals surface area contributed by atoms with E-state index in [1.54, 1.807) is 0 Å². The minimum atomic E-state index is 0.227. The van der Waals surface area contributed by atoms with Crippen molar-refractivity contribution >= 4 is 58.9 Å². The fraction of sp³-hybridized carbons (Fsp3) is 0.929. The molecule has 3 aliphatic heterocycles. The van der Waals surface area contributed by atoms with Gasteiger partial charge in [-0.1, -0.05) is 12.8 Å². The first-order chi connectivity index (χ1) is 17.6. The van der Waals surface area contributed by atoms with Gasteiger partial charge in [-0.25, -0.2) is 0 Å². The number of carbonyl (C=O) groups excluding carboxylic acids is 2. The zero-order valence-electron chi connectivity index (χ0n) is 21.5. The van der Waals surface area contributed by atoms with Gasteiger partial charge in [-0.15, -0.1) is 47.0 Å². The number of piperazine rings is 1. The van der Waals surface area contributed by atoms with Gasteiger partial charge in [0, 0.05) is 61.0 Å². The van der Waals surface area contributed by atoms with Crippen LogP contribution in [0.25, 0.3) is 0 Å². The van der Waals surface area contributed by atoms with Crippen LogP contribution >= 0.6 is 47.0 Å². The molecule has 2 unspecified atom stereocenters. The Balaban J connectivity index is 0.951. The van der Waals surface area contributed by atoms with Crippen LogP contribution in [0.15, 0.2) is 0 Å². The third kappa shape index (κ3) is 4.11. The number of hydrogen-bond donors (Lipinski definition) is 0. The Bertz CT molecular complexity index is 764. The lowest BCUT2D eigenvalue weighted by molar-refractivity contribution is -0.147. The highest BCUT2D eigenvalue weighted by Crippen LogP contribution is 2.65. The molecule has 7 rings (SSSR count). The van der Waals surface area contributed by atoms with Crippen molar-refractivity contribution in [1.82, 2.24) is 9.80 Å². The minimum Gasteiger partial charge on any atom is -0.339 e. The second kappa shape index (κ2) is 10.1. The van der Waals surface area contributed by atoms with E-state index in [-0.39, 0.29) is 11.8 Å². The lowest BCUT2D eigenvalue weighted by Gasteiger charge is -2.53. The van der Waals surface area contributed by atoms with Gasteiger partial charge < -0.3 is 9.80 Å². The highest BCUT2D eigenvalue weighted by molar-refractivity contribution is 8.21. The van der Waals surface area contributed by atoms with Crippen LogP contribution in [0, 0.1) is 35.5 Å². The van der Waals surface area contributed by atoms with Crippen LogP contribution in [0.4, 0.5) is 0 Å². The molecule has 2 amide bonds. The van der Waals surface area contributed by atoms with Crippen LogP contribution in [0.3, 0.4) is 0 Å². The van der Waals surface area contributed by atoms with Crippen molar-refractivity contribution in [2.75, 3.05) is 49.2 Å². The number of rotatable bonds is 2. The number of nitrogens with zero attached hydrogens (tertiary/aromatic N) is 2. The van der Waals surface area contributed by atoms with E-state index in [4.69, 9.17) is 0 Å². The number of carbonyl (C=O) groups is 2. The molecule has 4 nitrogen and oxygen atoms in total. The van der Waals surface area contributed by atoms with Gasteiger partial charge in [0.05, 0.1) is 8.16 Å². The molecule has 4 atom stereocenters. The molecule has 0 aromatic rings. The topological polar surface area (TPSA) is 40.6 Å². The molecular formula is C28H42N2O2S4. The summed E-state index contributed by atoms with van der Waals surface area (Å²) in [5, 5.41) is 0. The average Bonchev–Trinajstić information content (AvgIpc) is 3.54. The Morgan fingerprint density at radius 1 is 0.528 bits per heavy atom. The summed E-state index contributed by atoms with van der Waals surface area (Å²) in [6.07, 6.45) is 12.5. The van der Waals surface area contributed by atoms with Gasteiger partial charge in [0.2, 0.25) is 11.8 Å². The van der Waals surface area contributed by atoms with Crippen molar-refractivity contribution < 1.29 is 9.59 Å². The van der Waals surface area contributed by atoms with E-state index >= 15 is 0 Å². The van der Waals surface area contributed by atoms with E-state index in [9.17, 15) is 9.59 Å². The molecular weight excluding hydrogens is 525 g/mol. The van der Waals surface area contributed by atoms with E-state index in [1.807, 2.05) is 0 Å². The molecule has 200 valence electrons. The van der Waals surface area contributed by atoms with Crippen LogP contribution in [-0.2, 0) is 9.59 Å². The quantitative estimate of drug-likeness (QED) is 0.430. The number of amides is 2. The smallest absolute Gasteiger partial charge is 0.225 e. The summed E-state index contributed by atoms with van der Waals surface area (Å²) >= 11 is 8.91. The first-order valence-electron chi connectivity index (χ1n) is 14.7. The fourth-order valence-electron chi connectivity index (χ4n) is 9.29. The third-order valence-electron chi connectivity index (χ3n) is 10.8. The Labute approximate surface area is 234 Å². The summed E-state index contributed by atoms with van der Waals surface area (Å²) in [5.74, 6) is 9.37. The van der Waals surface area contributed by atoms with Gasteiger partial charge in [-0.05, 0) is 75.0 Å². The molecule has 7 aliphatic rings. The number of hydrogen-bond acceptors (Lipinski definition) is 6. The van der Waals surface area contributed by atoms with Crippen LogP contribution in [0.1, 0.15) is 64.2 Å². The maximum Gasteiger partial charge on any atom is 0.225 e. The van der Waals surface area contributed by atoms with Crippen molar-refractivity contribution in [3.8, 4) is 0 Å². The molecule has 0 N–H and O–H groups in total. The summed E-state index contributed by atoms with van der Waals surface area (Å²) in [7, 11) is 0. The van der Waals surface area contributed by atoms with Gasteiger partial charge >= 0.3 is 0 Å². The van der Waals surface area contributed by atoms with Crippen LogP contribution < -0.4 is 0 Å². The van der Waals surface area contributed by atoms with Gasteiger partial charge in [-0.3, -0.25) is 9.59 Å². The molecule has 3 heterocycles. The van der Waals surface area contributed by atoms with Crippen LogP contribution in [0.5, 0.6) is 0 Å². The molecule has 4 saturated carbocycles. The lowest BCUT2D eigenvalue weighted by atomic mass is 9.66. The molecule has 4 bridgehead atoms. The van der Waals surface area contributed by atoms with Gasteiger partial charge in [0.25, 0.3) is 0 Å². The van der Waals surface area contributed by atoms with Crippen molar-refractivity contribution in [3.63, 3.8) is 0 Å². The normalized spacial score (nSPS) is 41.1. The highest BCUT2D eigenvalue weighted by atomic mass is 32.2. The summed E-state index contributed by atoms with van der Waals surface area (Å²) in [4.78, 5) is 31.6. The molecule has 0 aromatic carbocycles. The zero-order chi connectivity index (χ0) is 24.3. The van der Waals surface area contributed by atoms with E-state index in [0.717, 1.165) is 75.5 Å². The van der Waals surface area contributed by atoms with Gasteiger partial charge in [0.15, 0.2) is 0 Å². The second-order valence-electron chi connectivity index (χ2n) is 12.5. The van der Waals surface area contributed by atoms with Gasteiger partial charge in [0.1, 0.15) is 0 Å². The van der Waals surface area contributed by atoms with Crippen molar-refractivity contribution in [1.29, 1.82) is 0 Å². The fourth-order valence-corrected chi connectivity index (χ4v) is 17.2. The Morgan fingerprint density at radius 3 is 1.14 bits per heavy atom. The predicted octanol–water partition coefficient (Wildman–Crippen LogP) is 5.66. The first kappa shape index (κ1) is 25.3. The maximum atomic E-state index is 13.6. The highest BCUT2D eigenvalue weighted by Gasteiger charge is 2.57. The van der Waals surface area contributed by atoms with Crippen LogP contribution in [0.2, 0.25) is 0 Å². The number of thioether (sulfide) groups is 4. The Kier molecular flexibility index (Phi) is 7.08. The molecule has 0 radical (unpaired) electrons. The summed E-state index contributed by atoms with van der Waals surface area (Å²) < 4.78 is 0.874. The molecule has 36 heavy (non-hydrogen) atoms. The zero-order valence-corrected chi connectivity index (χ0v) is 24.8. The lowest BCUT2D eigenvalue weighted by Crippen LogP contribution is -2.56. The van der Waals surface area contributed by atoms with Crippen molar-refractivity contribution in [2.45, 2.75) is 72.4 Å². The molecule has 3 saturated heterocycles. The van der Waals surface area contributed by atoms with E-state index in [1.165, 1.54) is 61.5 Å². The van der Waals surface area contributed by atoms with Crippen LogP contribution in [-0.4, -0.2) is 79.0 Å². The second-order valence-corrected chi connectivity index (χ2v) is 18.5. The van der Waals surface area contributed by atoms with E-state index < -0.39 is 0 Å². The van der Waals surface area contributed by atoms with E-state index in [0.29, 0.717) is 20.0 Å². The van der Waals surface area contributed by atoms with Gasteiger partial charge in [-0.2, -0.15) is 0 Å². The SMILES string of the molecule is O=C(C1CC2CCCC(C1)C21SCCS1)N1CCN(C(=O)C2C[C@@H]3CCC[C@@H](C2)C32SCCS2)CC1. The third-order valence-corrected chi connectivity index (χ3v) is 18.9. The molecule has 2 spiro atoms. The van der Waals surface area contributed by atoms with Crippen molar-refractivity contribution in [2.24, 2.45) is 35.5 Å². The first-order valence-corrected chi connectivity index (χ1v) is 18.7. The summed E-state index contributed by atoms with van der Waals surface area (Å²) in [5.41, 5.74) is 0. The molecule has 8 heteroatoms. The predicted molar refractivity (Wildman–Crippen MR) is 156 cm³/mol. The standard InChI is InChI=1S/C28H42N2O2S4/c31-25(19-15-21-3-1-4-22(16-19)27(21)33-11-12-34-27)29-7-9-30(10-8-29)26(32)20-17-23-5-2-6-24(18-20)28(23)35-13-14-36-28/h19-24H,1-18H2/t19?,21?,22?,23-,24-/m0/s1.